The molecule has 17 heavy (non-hydrogen) atoms. The van der Waals surface area contributed by atoms with Crippen molar-refractivity contribution in [2.45, 2.75) is 38.1 Å². The van der Waals surface area contributed by atoms with Gasteiger partial charge in [-0.25, -0.2) is 4.98 Å². The molecule has 0 bridgehead atoms. The Bertz CT molecular complexity index is 450. The molecular weight excluding hydrogens is 298 g/mol. The first-order valence-electron chi connectivity index (χ1n) is 6.01. The number of nitrogens with zero attached hydrogens (tertiary/aromatic N) is 2. The third kappa shape index (κ3) is 3.14. The Balaban J connectivity index is 2.35. The molecule has 0 spiro atoms. The van der Waals surface area contributed by atoms with Crippen LogP contribution in [0.4, 0.5) is 0 Å². The molecule has 0 aromatic carbocycles. The molecule has 0 aliphatic heterocycles. The van der Waals surface area contributed by atoms with Crippen LogP contribution in [0.5, 0.6) is 0 Å². The van der Waals surface area contributed by atoms with Gasteiger partial charge in [-0.1, -0.05) is 25.1 Å². The predicted molar refractivity (Wildman–Crippen MR) is 75.7 cm³/mol. The van der Waals surface area contributed by atoms with Crippen LogP contribution in [0.2, 0.25) is 0 Å². The lowest BCUT2D eigenvalue weighted by Crippen LogP contribution is -2.15. The molecule has 1 aliphatic carbocycles. The fraction of sp³-hybridized carbons (Fsp3) is 0.667. The van der Waals surface area contributed by atoms with Gasteiger partial charge in [0.2, 0.25) is 0 Å². The van der Waals surface area contributed by atoms with Crippen molar-refractivity contribution in [2.24, 2.45) is 0 Å². The molecule has 1 heterocycles. The number of rotatable bonds is 3. The highest BCUT2D eigenvalue weighted by Crippen LogP contribution is 2.36. The van der Waals surface area contributed by atoms with Crippen molar-refractivity contribution in [3.8, 4) is 0 Å². The number of hydrogen-bond acceptors (Lipinski definition) is 3. The van der Waals surface area contributed by atoms with Gasteiger partial charge in [0.15, 0.2) is 0 Å². The van der Waals surface area contributed by atoms with Crippen LogP contribution >= 0.6 is 28.1 Å². The third-order valence-electron chi connectivity index (χ3n) is 3.17. The predicted octanol–water partition coefficient (Wildman–Crippen LogP) is 3.62. The zero-order valence-electron chi connectivity index (χ0n) is 10.3. The molecule has 94 valence electrons. The monoisotopic (exact) mass is 315 g/mol. The minimum Gasteiger partial charge on any atom is -0.345 e. The molecule has 0 atom stereocenters. The van der Waals surface area contributed by atoms with E-state index < -0.39 is 0 Å². The van der Waals surface area contributed by atoms with E-state index in [2.05, 4.69) is 30.8 Å². The first-order valence-corrected chi connectivity index (χ1v) is 7.21. The van der Waals surface area contributed by atoms with E-state index in [-0.39, 0.29) is 0 Å². The van der Waals surface area contributed by atoms with Gasteiger partial charge in [-0.2, -0.15) is 0 Å². The average molecular weight is 316 g/mol. The Morgan fingerprint density at radius 3 is 2.65 bits per heavy atom. The van der Waals surface area contributed by atoms with Gasteiger partial charge in [0.1, 0.15) is 10.5 Å². The van der Waals surface area contributed by atoms with E-state index in [1.807, 2.05) is 14.1 Å². The molecule has 0 saturated heterocycles. The van der Waals surface area contributed by atoms with Crippen molar-refractivity contribution in [1.82, 2.24) is 14.9 Å². The Hall–Kier alpha value is -0.260. The number of hydrogen-bond donors (Lipinski definition) is 1. The maximum atomic E-state index is 5.32. The summed E-state index contributed by atoms with van der Waals surface area (Å²) in [4.78, 5) is 9.97. The fourth-order valence-corrected chi connectivity index (χ4v) is 3.13. The molecule has 2 rings (SSSR count). The van der Waals surface area contributed by atoms with Crippen LogP contribution in [0.15, 0.2) is 4.47 Å². The molecule has 1 fully saturated rings. The van der Waals surface area contributed by atoms with Crippen molar-refractivity contribution in [1.29, 1.82) is 0 Å². The summed E-state index contributed by atoms with van der Waals surface area (Å²) in [5, 5.41) is 0. The smallest absolute Gasteiger partial charge is 0.144 e. The number of aromatic nitrogens is 2. The lowest BCUT2D eigenvalue weighted by atomic mass is 10.0. The van der Waals surface area contributed by atoms with Crippen LogP contribution in [0.1, 0.15) is 43.1 Å². The largest absolute Gasteiger partial charge is 0.345 e. The molecule has 0 unspecified atom stereocenters. The van der Waals surface area contributed by atoms with Gasteiger partial charge in [0.25, 0.3) is 0 Å². The number of H-pyrrole nitrogens is 1. The minimum atomic E-state index is 0.620. The van der Waals surface area contributed by atoms with Crippen molar-refractivity contribution >= 4 is 28.1 Å². The second kappa shape index (κ2) is 5.59. The van der Waals surface area contributed by atoms with Gasteiger partial charge in [0.05, 0.1) is 11.0 Å². The maximum absolute atomic E-state index is 5.32. The lowest BCUT2D eigenvalue weighted by Gasteiger charge is -2.15. The van der Waals surface area contributed by atoms with Crippen LogP contribution in [0.25, 0.3) is 0 Å². The van der Waals surface area contributed by atoms with E-state index in [1.165, 1.54) is 31.4 Å². The van der Waals surface area contributed by atoms with Crippen molar-refractivity contribution in [2.75, 3.05) is 14.1 Å². The van der Waals surface area contributed by atoms with Crippen LogP contribution in [-0.2, 0) is 6.54 Å². The molecule has 1 saturated carbocycles. The SMILES string of the molecule is CN(C)Cc1nc(=S)c(Br)c(C2CCCC2)[nH]1. The zero-order valence-corrected chi connectivity index (χ0v) is 12.7. The van der Waals surface area contributed by atoms with Gasteiger partial charge < -0.3 is 9.88 Å². The zero-order chi connectivity index (χ0) is 12.4. The van der Waals surface area contributed by atoms with E-state index >= 15 is 0 Å². The summed E-state index contributed by atoms with van der Waals surface area (Å²) in [6, 6.07) is 0. The molecule has 5 heteroatoms. The van der Waals surface area contributed by atoms with Gasteiger partial charge in [-0.15, -0.1) is 0 Å². The summed E-state index contributed by atoms with van der Waals surface area (Å²) in [6.45, 7) is 0.802. The standard InChI is InChI=1S/C12H18BrN3S/c1-16(2)7-9-14-11(8-5-3-4-6-8)10(13)12(17)15-9/h8H,3-7H2,1-2H3,(H,14,15,17). The first kappa shape index (κ1) is 13.2. The van der Waals surface area contributed by atoms with Gasteiger partial charge >= 0.3 is 0 Å². The Morgan fingerprint density at radius 1 is 1.41 bits per heavy atom. The van der Waals surface area contributed by atoms with Crippen LogP contribution < -0.4 is 0 Å². The Labute approximate surface area is 116 Å². The molecule has 1 aliphatic rings. The van der Waals surface area contributed by atoms with Crippen molar-refractivity contribution in [3.05, 3.63) is 20.6 Å². The summed E-state index contributed by atoms with van der Waals surface area (Å²) < 4.78 is 1.67. The molecule has 0 amide bonds. The molecule has 0 radical (unpaired) electrons. The summed E-state index contributed by atoms with van der Waals surface area (Å²) >= 11 is 8.90. The van der Waals surface area contributed by atoms with Crippen LogP contribution in [-0.4, -0.2) is 29.0 Å². The first-order chi connectivity index (χ1) is 8.08. The second-order valence-corrected chi connectivity index (χ2v) is 6.12. The van der Waals surface area contributed by atoms with E-state index in [9.17, 15) is 0 Å². The number of nitrogens with one attached hydrogen (secondary N) is 1. The lowest BCUT2D eigenvalue weighted by molar-refractivity contribution is 0.388. The topological polar surface area (TPSA) is 31.9 Å². The fourth-order valence-electron chi connectivity index (χ4n) is 2.40. The summed E-state index contributed by atoms with van der Waals surface area (Å²) in [5.74, 6) is 1.58. The van der Waals surface area contributed by atoms with E-state index in [0.717, 1.165) is 16.8 Å². The highest BCUT2D eigenvalue weighted by molar-refractivity contribution is 9.10. The van der Waals surface area contributed by atoms with Crippen molar-refractivity contribution < 1.29 is 0 Å². The number of aromatic amines is 1. The summed E-state index contributed by atoms with van der Waals surface area (Å²) in [7, 11) is 4.08. The van der Waals surface area contributed by atoms with Gasteiger partial charge in [0, 0.05) is 11.6 Å². The van der Waals surface area contributed by atoms with E-state index in [4.69, 9.17) is 12.2 Å². The molecule has 3 nitrogen and oxygen atoms in total. The molecule has 1 aromatic rings. The van der Waals surface area contributed by atoms with E-state index in [0.29, 0.717) is 10.6 Å². The molecule has 1 aromatic heterocycles. The summed E-state index contributed by atoms with van der Waals surface area (Å²) in [5.41, 5.74) is 1.25. The third-order valence-corrected chi connectivity index (χ3v) is 4.53. The maximum Gasteiger partial charge on any atom is 0.144 e. The average Bonchev–Trinajstić information content (AvgIpc) is 2.75. The highest BCUT2D eigenvalue weighted by Gasteiger charge is 2.21. The van der Waals surface area contributed by atoms with Crippen molar-refractivity contribution in [3.63, 3.8) is 0 Å². The van der Waals surface area contributed by atoms with Crippen LogP contribution in [0.3, 0.4) is 0 Å². The second-order valence-electron chi connectivity index (χ2n) is 4.94. The highest BCUT2D eigenvalue weighted by atomic mass is 79.9. The van der Waals surface area contributed by atoms with Crippen LogP contribution in [0, 0.1) is 4.64 Å². The van der Waals surface area contributed by atoms with Gasteiger partial charge in [-0.3, -0.25) is 0 Å². The quantitative estimate of drug-likeness (QED) is 0.864. The Kier molecular flexibility index (Phi) is 4.33. The normalized spacial score (nSPS) is 16.9. The van der Waals surface area contributed by atoms with E-state index in [1.54, 1.807) is 0 Å². The molecular formula is C12H18BrN3S. The minimum absolute atomic E-state index is 0.620. The van der Waals surface area contributed by atoms with Gasteiger partial charge in [-0.05, 0) is 42.9 Å². The number of halogens is 1. The summed E-state index contributed by atoms with van der Waals surface area (Å²) in [6.07, 6.45) is 5.16. The molecule has 1 N–H and O–H groups in total. The Morgan fingerprint density at radius 2 is 2.06 bits per heavy atom.